The molecule has 3 aromatic rings. The van der Waals surface area contributed by atoms with Crippen LogP contribution >= 0.6 is 11.3 Å². The highest BCUT2D eigenvalue weighted by atomic mass is 32.1. The van der Waals surface area contributed by atoms with Crippen LogP contribution in [-0.4, -0.2) is 65.8 Å². The number of hydrogen-bond acceptors (Lipinski definition) is 9. The van der Waals surface area contributed by atoms with Crippen LogP contribution in [0.25, 0.3) is 11.4 Å². The Bertz CT molecular complexity index is 1120. The number of thiazole rings is 1. The molecule has 0 radical (unpaired) electrons. The van der Waals surface area contributed by atoms with Crippen molar-refractivity contribution < 1.29 is 14.1 Å². The van der Waals surface area contributed by atoms with E-state index in [2.05, 4.69) is 37.2 Å². The minimum atomic E-state index is 0.0348. The molecule has 4 heterocycles. The van der Waals surface area contributed by atoms with Crippen LogP contribution in [0.4, 0.5) is 6.01 Å². The Labute approximate surface area is 209 Å². The molecule has 2 fully saturated rings. The molecule has 0 bridgehead atoms. The van der Waals surface area contributed by atoms with Crippen molar-refractivity contribution in [3.8, 4) is 17.1 Å². The zero-order valence-corrected chi connectivity index (χ0v) is 21.1. The fourth-order valence-corrected chi connectivity index (χ4v) is 5.65. The highest BCUT2D eigenvalue weighted by Gasteiger charge is 2.29. The first-order valence-corrected chi connectivity index (χ1v) is 13.1. The van der Waals surface area contributed by atoms with Crippen LogP contribution in [0.1, 0.15) is 29.8 Å². The maximum absolute atomic E-state index is 12.8. The number of ether oxygens (including phenoxy) is 1. The largest absolute Gasteiger partial charge is 0.497 e. The Hall–Kier alpha value is -2.98. The van der Waals surface area contributed by atoms with Gasteiger partial charge in [-0.15, -0.1) is 11.3 Å². The predicted octanol–water partition coefficient (Wildman–Crippen LogP) is 3.36. The molecular weight excluding hydrogens is 464 g/mol. The van der Waals surface area contributed by atoms with Crippen LogP contribution in [0, 0.1) is 18.8 Å². The molecule has 1 N–H and O–H groups in total. The molecule has 0 spiro atoms. The van der Waals surface area contributed by atoms with Gasteiger partial charge in [0.1, 0.15) is 5.75 Å². The number of rotatable bonds is 8. The third-order valence-electron chi connectivity index (χ3n) is 7.05. The lowest BCUT2D eigenvalue weighted by atomic mass is 9.96. The number of piperidine rings is 1. The monoisotopic (exact) mass is 496 g/mol. The van der Waals surface area contributed by atoms with E-state index in [0.29, 0.717) is 17.8 Å². The molecule has 1 unspecified atom stereocenters. The number of benzene rings is 1. The average molecular weight is 497 g/mol. The van der Waals surface area contributed by atoms with Crippen LogP contribution < -0.4 is 15.0 Å². The highest BCUT2D eigenvalue weighted by molar-refractivity contribution is 7.09. The van der Waals surface area contributed by atoms with E-state index in [1.54, 1.807) is 18.4 Å². The van der Waals surface area contributed by atoms with Crippen molar-refractivity contribution in [2.75, 3.05) is 44.7 Å². The van der Waals surface area contributed by atoms with Crippen LogP contribution in [-0.2, 0) is 11.3 Å². The maximum Gasteiger partial charge on any atom is 0.324 e. The number of carbonyl (C=O) groups is 1. The topological polar surface area (TPSA) is 96.6 Å². The number of nitrogens with zero attached hydrogens (tertiary/aromatic N) is 5. The van der Waals surface area contributed by atoms with Crippen molar-refractivity contribution in [1.82, 2.24) is 25.3 Å². The lowest BCUT2D eigenvalue weighted by Gasteiger charge is -2.30. The number of amides is 1. The van der Waals surface area contributed by atoms with Gasteiger partial charge in [0.05, 0.1) is 18.3 Å². The van der Waals surface area contributed by atoms with E-state index in [4.69, 9.17) is 9.26 Å². The van der Waals surface area contributed by atoms with Crippen molar-refractivity contribution >= 4 is 23.3 Å². The number of hydrogen-bond donors (Lipinski definition) is 1. The summed E-state index contributed by atoms with van der Waals surface area (Å²) >= 11 is 1.73. The summed E-state index contributed by atoms with van der Waals surface area (Å²) in [5.74, 6) is 2.06. The number of nitrogens with one attached hydrogen (secondary N) is 1. The van der Waals surface area contributed by atoms with Crippen LogP contribution in [0.2, 0.25) is 0 Å². The summed E-state index contributed by atoms with van der Waals surface area (Å²) < 4.78 is 10.7. The van der Waals surface area contributed by atoms with Gasteiger partial charge in [0.15, 0.2) is 0 Å². The molecular formula is C25H32N6O3S. The number of carbonyl (C=O) groups excluding carboxylic acids is 1. The van der Waals surface area contributed by atoms with Crippen molar-refractivity contribution in [2.24, 2.45) is 11.8 Å². The lowest BCUT2D eigenvalue weighted by molar-refractivity contribution is -0.125. The molecule has 1 atom stereocenters. The molecule has 2 aromatic heterocycles. The van der Waals surface area contributed by atoms with Gasteiger partial charge in [-0.25, -0.2) is 4.98 Å². The summed E-state index contributed by atoms with van der Waals surface area (Å²) in [5.41, 5.74) is 3.93. The van der Waals surface area contributed by atoms with E-state index in [9.17, 15) is 4.79 Å². The molecule has 0 aliphatic carbocycles. The number of anilines is 1. The third-order valence-corrected chi connectivity index (χ3v) is 7.97. The van der Waals surface area contributed by atoms with Gasteiger partial charge in [-0.1, -0.05) is 5.16 Å². The standard InChI is InChI=1S/C25H32N6O3S/c1-17-22(35-16-27-17)15-30-10-7-18(14-30)13-26-24(32)20-8-11-31(12-9-20)25-28-23(29-34-25)19-3-5-21(33-2)6-4-19/h3-6,16,18,20H,7-15H2,1-2H3,(H,26,32). The van der Waals surface area contributed by atoms with Gasteiger partial charge in [0.2, 0.25) is 11.7 Å². The first-order valence-electron chi connectivity index (χ1n) is 12.2. The van der Waals surface area contributed by atoms with Crippen LogP contribution in [0.3, 0.4) is 0 Å². The SMILES string of the molecule is COc1ccc(-c2noc(N3CCC(C(=O)NCC4CCN(Cc5scnc5C)C4)CC3)n2)cc1. The fraction of sp³-hybridized carbons (Fsp3) is 0.520. The molecule has 10 heteroatoms. The smallest absolute Gasteiger partial charge is 0.324 e. The van der Waals surface area contributed by atoms with Gasteiger partial charge in [0.25, 0.3) is 0 Å². The Morgan fingerprint density at radius 3 is 2.71 bits per heavy atom. The molecule has 9 nitrogen and oxygen atoms in total. The number of methoxy groups -OCH3 is 1. The van der Waals surface area contributed by atoms with Gasteiger partial charge in [-0.2, -0.15) is 4.98 Å². The molecule has 2 saturated heterocycles. The van der Waals surface area contributed by atoms with E-state index in [-0.39, 0.29) is 11.8 Å². The molecule has 1 aromatic carbocycles. The molecule has 0 saturated carbocycles. The molecule has 2 aliphatic heterocycles. The summed E-state index contributed by atoms with van der Waals surface area (Å²) in [5, 5.41) is 7.34. The maximum atomic E-state index is 12.8. The number of likely N-dealkylation sites (tertiary alicyclic amines) is 1. The van der Waals surface area contributed by atoms with Crippen molar-refractivity contribution in [3.05, 3.63) is 40.3 Å². The van der Waals surface area contributed by atoms with E-state index in [1.165, 1.54) is 4.88 Å². The van der Waals surface area contributed by atoms with E-state index in [0.717, 1.165) is 75.5 Å². The Kier molecular flexibility index (Phi) is 7.29. The second kappa shape index (κ2) is 10.7. The molecule has 2 aliphatic rings. The van der Waals surface area contributed by atoms with Gasteiger partial charge in [-0.05, 0) is 62.9 Å². The number of aryl methyl sites for hydroxylation is 1. The highest BCUT2D eigenvalue weighted by Crippen LogP contribution is 2.26. The summed E-state index contributed by atoms with van der Waals surface area (Å²) in [6.45, 7) is 7.37. The minimum Gasteiger partial charge on any atom is -0.497 e. The molecule has 186 valence electrons. The van der Waals surface area contributed by atoms with Crippen LogP contribution in [0.15, 0.2) is 34.3 Å². The predicted molar refractivity (Wildman–Crippen MR) is 134 cm³/mol. The zero-order valence-electron chi connectivity index (χ0n) is 20.3. The lowest BCUT2D eigenvalue weighted by Crippen LogP contribution is -2.42. The molecule has 1 amide bonds. The van der Waals surface area contributed by atoms with Gasteiger partial charge in [0, 0.05) is 49.1 Å². The van der Waals surface area contributed by atoms with Crippen LogP contribution in [0.5, 0.6) is 5.75 Å². The quantitative estimate of drug-likeness (QED) is 0.507. The first-order chi connectivity index (χ1) is 17.1. The summed E-state index contributed by atoms with van der Waals surface area (Å²) in [6.07, 6.45) is 2.70. The van der Waals surface area contributed by atoms with Crippen molar-refractivity contribution in [2.45, 2.75) is 32.7 Å². The second-order valence-electron chi connectivity index (χ2n) is 9.39. The van der Waals surface area contributed by atoms with Crippen molar-refractivity contribution in [1.29, 1.82) is 0 Å². The average Bonchev–Trinajstić information content (AvgIpc) is 3.65. The first kappa shape index (κ1) is 23.7. The second-order valence-corrected chi connectivity index (χ2v) is 10.3. The molecule has 35 heavy (non-hydrogen) atoms. The van der Waals surface area contributed by atoms with E-state index in [1.807, 2.05) is 29.8 Å². The minimum absolute atomic E-state index is 0.0348. The van der Waals surface area contributed by atoms with Gasteiger partial charge >= 0.3 is 6.01 Å². The van der Waals surface area contributed by atoms with Gasteiger partial charge in [-0.3, -0.25) is 9.69 Å². The Balaban J connectivity index is 1.05. The summed E-state index contributed by atoms with van der Waals surface area (Å²) in [6, 6.07) is 8.08. The summed E-state index contributed by atoms with van der Waals surface area (Å²) in [4.78, 5) is 27.6. The third kappa shape index (κ3) is 5.65. The summed E-state index contributed by atoms with van der Waals surface area (Å²) in [7, 11) is 1.64. The Morgan fingerprint density at radius 1 is 1.20 bits per heavy atom. The Morgan fingerprint density at radius 2 is 2.00 bits per heavy atom. The van der Waals surface area contributed by atoms with E-state index >= 15 is 0 Å². The van der Waals surface area contributed by atoms with Gasteiger partial charge < -0.3 is 19.5 Å². The zero-order chi connectivity index (χ0) is 24.2. The fourth-order valence-electron chi connectivity index (χ4n) is 4.83. The van der Waals surface area contributed by atoms with E-state index < -0.39 is 0 Å². The normalized spacial score (nSPS) is 19.3. The molecule has 5 rings (SSSR count). The van der Waals surface area contributed by atoms with Crippen molar-refractivity contribution in [3.63, 3.8) is 0 Å². The number of aromatic nitrogens is 3.